The Kier molecular flexibility index (Phi) is 3.24. The lowest BCUT2D eigenvalue weighted by Crippen LogP contribution is -2.47. The van der Waals surface area contributed by atoms with Crippen molar-refractivity contribution in [1.29, 1.82) is 0 Å². The Balaban J connectivity index is 1.82. The molecule has 2 atom stereocenters. The monoisotopic (exact) mass is 265 g/mol. The summed E-state index contributed by atoms with van der Waals surface area (Å²) in [6.45, 7) is 1.48. The van der Waals surface area contributed by atoms with Crippen molar-refractivity contribution >= 4 is 5.97 Å². The van der Waals surface area contributed by atoms with Crippen LogP contribution in [0.3, 0.4) is 0 Å². The lowest BCUT2D eigenvalue weighted by molar-refractivity contribution is -0.157. The molecule has 2 aliphatic rings. The zero-order valence-corrected chi connectivity index (χ0v) is 10.5. The van der Waals surface area contributed by atoms with Crippen LogP contribution in [0.5, 0.6) is 0 Å². The van der Waals surface area contributed by atoms with Gasteiger partial charge in [-0.25, -0.2) is 9.18 Å². The molecular formula is C14H16FNO3. The van der Waals surface area contributed by atoms with Gasteiger partial charge in [-0.15, -0.1) is 0 Å². The van der Waals surface area contributed by atoms with Crippen LogP contribution in [0, 0.1) is 5.82 Å². The molecule has 1 aliphatic heterocycles. The third-order valence-electron chi connectivity index (χ3n) is 4.00. The fourth-order valence-corrected chi connectivity index (χ4v) is 3.07. The van der Waals surface area contributed by atoms with Crippen molar-refractivity contribution in [3.63, 3.8) is 0 Å². The maximum atomic E-state index is 13.7. The van der Waals surface area contributed by atoms with Crippen LogP contribution in [-0.4, -0.2) is 41.8 Å². The molecule has 1 aromatic rings. The first-order chi connectivity index (χ1) is 9.16. The molecule has 0 spiro atoms. The zero-order valence-electron chi connectivity index (χ0n) is 10.5. The number of morpholine rings is 1. The molecule has 0 aromatic heterocycles. The highest BCUT2D eigenvalue weighted by Crippen LogP contribution is 2.37. The van der Waals surface area contributed by atoms with E-state index in [1.807, 2.05) is 6.07 Å². The van der Waals surface area contributed by atoms with Gasteiger partial charge in [0.15, 0.2) is 6.10 Å². The van der Waals surface area contributed by atoms with E-state index in [9.17, 15) is 9.18 Å². The predicted molar refractivity (Wildman–Crippen MR) is 66.4 cm³/mol. The van der Waals surface area contributed by atoms with E-state index in [0.29, 0.717) is 19.7 Å². The van der Waals surface area contributed by atoms with E-state index in [0.717, 1.165) is 24.0 Å². The van der Waals surface area contributed by atoms with Gasteiger partial charge in [0.1, 0.15) is 5.82 Å². The van der Waals surface area contributed by atoms with Crippen LogP contribution in [0.1, 0.15) is 23.6 Å². The first kappa shape index (κ1) is 12.6. The van der Waals surface area contributed by atoms with Crippen molar-refractivity contribution in [2.75, 3.05) is 19.7 Å². The Morgan fingerprint density at radius 3 is 3.11 bits per heavy atom. The summed E-state index contributed by atoms with van der Waals surface area (Å²) < 4.78 is 18.9. The number of nitrogens with zero attached hydrogens (tertiary/aromatic N) is 1. The molecule has 102 valence electrons. The standard InChI is InChI=1S/C14H16FNO3/c15-11-3-1-2-10-9(11)4-5-12(10)16-6-7-19-13(8-16)14(17)18/h1-3,12-13H,4-8H2,(H,17,18). The Morgan fingerprint density at radius 1 is 1.47 bits per heavy atom. The summed E-state index contributed by atoms with van der Waals surface area (Å²) >= 11 is 0. The van der Waals surface area contributed by atoms with Gasteiger partial charge in [-0.2, -0.15) is 0 Å². The highest BCUT2D eigenvalue weighted by Gasteiger charge is 2.34. The molecule has 3 rings (SSSR count). The Hall–Kier alpha value is -1.46. The molecule has 1 heterocycles. The van der Waals surface area contributed by atoms with Gasteiger partial charge in [0.2, 0.25) is 0 Å². The van der Waals surface area contributed by atoms with Gasteiger partial charge in [-0.1, -0.05) is 12.1 Å². The van der Waals surface area contributed by atoms with E-state index in [2.05, 4.69) is 4.90 Å². The second-order valence-corrected chi connectivity index (χ2v) is 5.05. The summed E-state index contributed by atoms with van der Waals surface area (Å²) in [7, 11) is 0. The van der Waals surface area contributed by atoms with Gasteiger partial charge in [0, 0.05) is 19.1 Å². The second kappa shape index (κ2) is 4.90. The number of hydrogen-bond acceptors (Lipinski definition) is 3. The molecule has 0 amide bonds. The minimum absolute atomic E-state index is 0.122. The summed E-state index contributed by atoms with van der Waals surface area (Å²) in [5, 5.41) is 9.03. The lowest BCUT2D eigenvalue weighted by Gasteiger charge is -2.35. The summed E-state index contributed by atoms with van der Waals surface area (Å²) in [6, 6.07) is 5.28. The third-order valence-corrected chi connectivity index (χ3v) is 4.00. The number of halogens is 1. The van der Waals surface area contributed by atoms with Crippen molar-refractivity contribution in [2.45, 2.75) is 25.0 Å². The van der Waals surface area contributed by atoms with E-state index < -0.39 is 12.1 Å². The molecule has 1 saturated heterocycles. The third kappa shape index (κ3) is 2.24. The van der Waals surface area contributed by atoms with E-state index >= 15 is 0 Å². The van der Waals surface area contributed by atoms with Crippen molar-refractivity contribution in [1.82, 2.24) is 4.90 Å². The van der Waals surface area contributed by atoms with E-state index in [1.165, 1.54) is 6.07 Å². The van der Waals surface area contributed by atoms with Gasteiger partial charge < -0.3 is 9.84 Å². The molecular weight excluding hydrogens is 249 g/mol. The van der Waals surface area contributed by atoms with Gasteiger partial charge in [0.05, 0.1) is 6.61 Å². The number of rotatable bonds is 2. The summed E-state index contributed by atoms with van der Waals surface area (Å²) in [5.41, 5.74) is 1.79. The number of benzene rings is 1. The van der Waals surface area contributed by atoms with Crippen LogP contribution >= 0.6 is 0 Å². The minimum Gasteiger partial charge on any atom is -0.479 e. The smallest absolute Gasteiger partial charge is 0.334 e. The van der Waals surface area contributed by atoms with Crippen LogP contribution in [0.25, 0.3) is 0 Å². The SMILES string of the molecule is O=C(O)C1CN(C2CCc3c(F)cccc32)CCO1. The maximum absolute atomic E-state index is 13.7. The number of fused-ring (bicyclic) bond motifs is 1. The minimum atomic E-state index is -0.929. The van der Waals surface area contributed by atoms with E-state index in [1.54, 1.807) is 6.07 Å². The van der Waals surface area contributed by atoms with Crippen LogP contribution in [0.2, 0.25) is 0 Å². The number of carbonyl (C=O) groups is 1. The van der Waals surface area contributed by atoms with E-state index in [4.69, 9.17) is 9.84 Å². The fraction of sp³-hybridized carbons (Fsp3) is 0.500. The summed E-state index contributed by atoms with van der Waals surface area (Å²) in [6.07, 6.45) is 0.802. The van der Waals surface area contributed by atoms with Gasteiger partial charge in [-0.05, 0) is 30.0 Å². The van der Waals surface area contributed by atoms with E-state index in [-0.39, 0.29) is 11.9 Å². The molecule has 0 bridgehead atoms. The number of hydrogen-bond donors (Lipinski definition) is 1. The van der Waals surface area contributed by atoms with Crippen LogP contribution in [0.4, 0.5) is 4.39 Å². The van der Waals surface area contributed by atoms with Crippen LogP contribution < -0.4 is 0 Å². The molecule has 1 N–H and O–H groups in total. The molecule has 1 aliphatic carbocycles. The highest BCUT2D eigenvalue weighted by molar-refractivity contribution is 5.72. The van der Waals surface area contributed by atoms with Crippen molar-refractivity contribution in [2.24, 2.45) is 0 Å². The molecule has 19 heavy (non-hydrogen) atoms. The number of aliphatic carboxylic acids is 1. The largest absolute Gasteiger partial charge is 0.479 e. The van der Waals surface area contributed by atoms with Crippen molar-refractivity contribution in [3.8, 4) is 0 Å². The average Bonchev–Trinajstić information content (AvgIpc) is 2.84. The Labute approximate surface area is 110 Å². The number of carboxylic acids is 1. The number of carboxylic acid groups (broad SMARTS) is 1. The van der Waals surface area contributed by atoms with Crippen molar-refractivity contribution < 1.29 is 19.0 Å². The average molecular weight is 265 g/mol. The molecule has 1 aromatic carbocycles. The highest BCUT2D eigenvalue weighted by atomic mass is 19.1. The normalized spacial score (nSPS) is 27.2. The molecule has 1 fully saturated rings. The second-order valence-electron chi connectivity index (χ2n) is 5.05. The molecule has 5 heteroatoms. The Bertz CT molecular complexity index is 505. The Morgan fingerprint density at radius 2 is 2.32 bits per heavy atom. The maximum Gasteiger partial charge on any atom is 0.334 e. The zero-order chi connectivity index (χ0) is 13.4. The van der Waals surface area contributed by atoms with Crippen LogP contribution in [0.15, 0.2) is 18.2 Å². The molecule has 0 saturated carbocycles. The summed E-state index contributed by atoms with van der Waals surface area (Å²) in [4.78, 5) is 13.1. The fourth-order valence-electron chi connectivity index (χ4n) is 3.07. The number of ether oxygens (including phenoxy) is 1. The summed E-state index contributed by atoms with van der Waals surface area (Å²) in [5.74, 6) is -1.08. The van der Waals surface area contributed by atoms with Crippen molar-refractivity contribution in [3.05, 3.63) is 35.1 Å². The quantitative estimate of drug-likeness (QED) is 0.882. The van der Waals surface area contributed by atoms with Gasteiger partial charge in [0.25, 0.3) is 0 Å². The van der Waals surface area contributed by atoms with Crippen LogP contribution in [-0.2, 0) is 16.0 Å². The molecule has 0 radical (unpaired) electrons. The topological polar surface area (TPSA) is 49.8 Å². The van der Waals surface area contributed by atoms with Gasteiger partial charge in [-0.3, -0.25) is 4.90 Å². The molecule has 4 nitrogen and oxygen atoms in total. The predicted octanol–water partition coefficient (Wildman–Crippen LogP) is 1.60. The van der Waals surface area contributed by atoms with Gasteiger partial charge >= 0.3 is 5.97 Å². The molecule has 2 unspecified atom stereocenters. The first-order valence-electron chi connectivity index (χ1n) is 6.52. The lowest BCUT2D eigenvalue weighted by atomic mass is 10.1. The first-order valence-corrected chi connectivity index (χ1v) is 6.52.